The minimum Gasteiger partial charge on any atom is -0.338 e. The summed E-state index contributed by atoms with van der Waals surface area (Å²) >= 11 is 0. The van der Waals surface area contributed by atoms with Crippen molar-refractivity contribution >= 4 is 21.6 Å². The van der Waals surface area contributed by atoms with Crippen molar-refractivity contribution in [2.75, 3.05) is 24.4 Å². The Hall–Kier alpha value is -2.45. The molecule has 27 heavy (non-hydrogen) atoms. The van der Waals surface area contributed by atoms with Gasteiger partial charge in [0.1, 0.15) is 5.82 Å². The fourth-order valence-electron chi connectivity index (χ4n) is 3.13. The first-order chi connectivity index (χ1) is 12.8. The maximum absolute atomic E-state index is 13.8. The number of anilines is 1. The van der Waals surface area contributed by atoms with E-state index in [2.05, 4.69) is 4.72 Å². The van der Waals surface area contributed by atoms with E-state index in [1.54, 1.807) is 17.9 Å². The third-order valence-electron chi connectivity index (χ3n) is 4.77. The number of hydrogen-bond acceptors (Lipinski definition) is 4. The molecule has 6 nitrogen and oxygen atoms in total. The van der Waals surface area contributed by atoms with Crippen molar-refractivity contribution in [3.63, 3.8) is 0 Å². The van der Waals surface area contributed by atoms with Gasteiger partial charge in [-0.3, -0.25) is 9.52 Å². The van der Waals surface area contributed by atoms with Crippen LogP contribution in [0, 0.1) is 18.7 Å². The molecule has 2 aromatic rings. The van der Waals surface area contributed by atoms with Crippen LogP contribution < -0.4 is 10.5 Å². The number of nitrogens with one attached hydrogen (secondary N) is 1. The van der Waals surface area contributed by atoms with Gasteiger partial charge in [0, 0.05) is 18.7 Å². The third-order valence-corrected chi connectivity index (χ3v) is 6.14. The van der Waals surface area contributed by atoms with E-state index in [0.29, 0.717) is 30.8 Å². The van der Waals surface area contributed by atoms with Crippen molar-refractivity contribution in [2.45, 2.75) is 18.2 Å². The number of halogens is 1. The van der Waals surface area contributed by atoms with Gasteiger partial charge in [-0.2, -0.15) is 0 Å². The Morgan fingerprint density at radius 1 is 1.30 bits per heavy atom. The molecule has 144 valence electrons. The lowest BCUT2D eigenvalue weighted by atomic mass is 10.1. The zero-order valence-corrected chi connectivity index (χ0v) is 15.8. The molecule has 1 atom stereocenters. The Bertz CT molecular complexity index is 962. The van der Waals surface area contributed by atoms with Gasteiger partial charge in [-0.05, 0) is 55.6 Å². The lowest BCUT2D eigenvalue weighted by Crippen LogP contribution is -2.30. The molecule has 0 aromatic heterocycles. The quantitative estimate of drug-likeness (QED) is 0.818. The molecule has 3 N–H and O–H groups in total. The lowest BCUT2D eigenvalue weighted by molar-refractivity contribution is 0.0786. The molecule has 1 fully saturated rings. The number of amides is 1. The van der Waals surface area contributed by atoms with Gasteiger partial charge in [-0.1, -0.05) is 18.2 Å². The Morgan fingerprint density at radius 3 is 2.70 bits per heavy atom. The highest BCUT2D eigenvalue weighted by atomic mass is 32.2. The number of nitrogens with zero attached hydrogens (tertiary/aromatic N) is 1. The smallest absolute Gasteiger partial charge is 0.262 e. The number of nitrogens with two attached hydrogens (primary N) is 1. The largest absolute Gasteiger partial charge is 0.338 e. The van der Waals surface area contributed by atoms with Crippen LogP contribution in [-0.2, 0) is 10.0 Å². The van der Waals surface area contributed by atoms with Crippen LogP contribution in [0.25, 0.3) is 0 Å². The molecule has 1 saturated heterocycles. The second kappa shape index (κ2) is 7.66. The topological polar surface area (TPSA) is 92.5 Å². The second-order valence-electron chi connectivity index (χ2n) is 6.70. The lowest BCUT2D eigenvalue weighted by Gasteiger charge is -2.18. The van der Waals surface area contributed by atoms with Crippen LogP contribution in [-0.4, -0.2) is 38.9 Å². The van der Waals surface area contributed by atoms with Crippen LogP contribution in [0.1, 0.15) is 22.3 Å². The van der Waals surface area contributed by atoms with Gasteiger partial charge in [-0.25, -0.2) is 12.8 Å². The number of rotatable bonds is 5. The van der Waals surface area contributed by atoms with Crippen molar-refractivity contribution < 1.29 is 17.6 Å². The van der Waals surface area contributed by atoms with Crippen molar-refractivity contribution in [1.82, 2.24) is 4.90 Å². The SMILES string of the molecule is Cc1ccc(S(=O)(=O)Nc2ccccc2F)cc1C(=O)N1CCC(CN)C1. The number of aryl methyl sites for hydroxylation is 1. The number of para-hydroxylation sites is 1. The van der Waals surface area contributed by atoms with E-state index in [0.717, 1.165) is 6.42 Å². The highest BCUT2D eigenvalue weighted by Crippen LogP contribution is 2.24. The van der Waals surface area contributed by atoms with Crippen molar-refractivity contribution in [3.05, 3.63) is 59.4 Å². The number of carbonyl (C=O) groups is 1. The summed E-state index contributed by atoms with van der Waals surface area (Å²) in [7, 11) is -4.03. The van der Waals surface area contributed by atoms with E-state index in [9.17, 15) is 17.6 Å². The summed E-state index contributed by atoms with van der Waals surface area (Å²) in [6.45, 7) is 3.44. The number of likely N-dealkylation sites (tertiary alicyclic amines) is 1. The van der Waals surface area contributed by atoms with Crippen molar-refractivity contribution in [3.8, 4) is 0 Å². The van der Waals surface area contributed by atoms with Crippen LogP contribution in [0.3, 0.4) is 0 Å². The summed E-state index contributed by atoms with van der Waals surface area (Å²) in [6.07, 6.45) is 0.841. The molecule has 0 saturated carbocycles. The fourth-order valence-corrected chi connectivity index (χ4v) is 4.22. The Labute approximate surface area is 158 Å². The summed E-state index contributed by atoms with van der Waals surface area (Å²) in [4.78, 5) is 14.4. The van der Waals surface area contributed by atoms with E-state index in [1.807, 2.05) is 0 Å². The van der Waals surface area contributed by atoms with Crippen LogP contribution in [0.15, 0.2) is 47.4 Å². The van der Waals surface area contributed by atoms with Gasteiger partial charge in [0.25, 0.3) is 15.9 Å². The van der Waals surface area contributed by atoms with E-state index in [1.165, 1.54) is 36.4 Å². The van der Waals surface area contributed by atoms with Gasteiger partial charge in [0.15, 0.2) is 0 Å². The zero-order valence-electron chi connectivity index (χ0n) is 15.0. The summed E-state index contributed by atoms with van der Waals surface area (Å²) < 4.78 is 41.3. The molecule has 0 radical (unpaired) electrons. The standard InChI is InChI=1S/C19H22FN3O3S/c1-13-6-7-15(27(25,26)22-18-5-3-2-4-17(18)20)10-16(13)19(24)23-9-8-14(11-21)12-23/h2-7,10,14,22H,8-9,11-12,21H2,1H3. The van der Waals surface area contributed by atoms with E-state index in [4.69, 9.17) is 5.73 Å². The summed E-state index contributed by atoms with van der Waals surface area (Å²) in [6, 6.07) is 9.85. The van der Waals surface area contributed by atoms with Crippen LogP contribution >= 0.6 is 0 Å². The van der Waals surface area contributed by atoms with Gasteiger partial charge in [0.05, 0.1) is 10.6 Å². The maximum atomic E-state index is 13.8. The molecule has 1 amide bonds. The molecule has 1 aliphatic rings. The van der Waals surface area contributed by atoms with Gasteiger partial charge < -0.3 is 10.6 Å². The number of sulfonamides is 1. The number of benzene rings is 2. The zero-order chi connectivity index (χ0) is 19.6. The van der Waals surface area contributed by atoms with Crippen molar-refractivity contribution in [1.29, 1.82) is 0 Å². The molecule has 0 aliphatic carbocycles. The first-order valence-corrected chi connectivity index (χ1v) is 10.2. The average molecular weight is 391 g/mol. The third kappa shape index (κ3) is 4.12. The minimum atomic E-state index is -4.03. The predicted molar refractivity (Wildman–Crippen MR) is 101 cm³/mol. The van der Waals surface area contributed by atoms with Crippen LogP contribution in [0.2, 0.25) is 0 Å². The molecule has 0 bridgehead atoms. The average Bonchev–Trinajstić information content (AvgIpc) is 3.12. The van der Waals surface area contributed by atoms with E-state index >= 15 is 0 Å². The van der Waals surface area contributed by atoms with Gasteiger partial charge in [0.2, 0.25) is 0 Å². The summed E-state index contributed by atoms with van der Waals surface area (Å²) in [5.41, 5.74) is 6.54. The number of hydrogen-bond donors (Lipinski definition) is 2. The molecule has 1 heterocycles. The molecule has 2 aromatic carbocycles. The summed E-state index contributed by atoms with van der Waals surface area (Å²) in [5.74, 6) is -0.621. The van der Waals surface area contributed by atoms with E-state index < -0.39 is 15.8 Å². The molecular weight excluding hydrogens is 369 g/mol. The Balaban J connectivity index is 1.88. The van der Waals surface area contributed by atoms with Gasteiger partial charge in [-0.15, -0.1) is 0 Å². The molecule has 8 heteroatoms. The van der Waals surface area contributed by atoms with Crippen molar-refractivity contribution in [2.24, 2.45) is 11.7 Å². The van der Waals surface area contributed by atoms with Gasteiger partial charge >= 0.3 is 0 Å². The highest BCUT2D eigenvalue weighted by molar-refractivity contribution is 7.92. The van der Waals surface area contributed by atoms with E-state index in [-0.39, 0.29) is 22.4 Å². The van der Waals surface area contributed by atoms with Crippen LogP contribution in [0.4, 0.5) is 10.1 Å². The maximum Gasteiger partial charge on any atom is 0.262 e. The first-order valence-electron chi connectivity index (χ1n) is 8.69. The first kappa shape index (κ1) is 19.3. The summed E-state index contributed by atoms with van der Waals surface area (Å²) in [5, 5.41) is 0. The minimum absolute atomic E-state index is 0.0886. The molecule has 1 unspecified atom stereocenters. The normalized spacial score (nSPS) is 17.1. The molecule has 1 aliphatic heterocycles. The van der Waals surface area contributed by atoms with Crippen LogP contribution in [0.5, 0.6) is 0 Å². The highest BCUT2D eigenvalue weighted by Gasteiger charge is 2.28. The molecule has 3 rings (SSSR count). The second-order valence-corrected chi connectivity index (χ2v) is 8.39. The fraction of sp³-hybridized carbons (Fsp3) is 0.316. The Morgan fingerprint density at radius 2 is 2.04 bits per heavy atom. The Kier molecular flexibility index (Phi) is 5.48. The number of carbonyl (C=O) groups excluding carboxylic acids is 1. The predicted octanol–water partition coefficient (Wildman–Crippen LogP) is 2.36. The monoisotopic (exact) mass is 391 g/mol. The molecular formula is C19H22FN3O3S. The molecule has 0 spiro atoms.